The molecule has 0 bridgehead atoms. The number of hydrogen-bond donors (Lipinski definition) is 1. The Bertz CT molecular complexity index is 440. The summed E-state index contributed by atoms with van der Waals surface area (Å²) in [6.45, 7) is 3.13. The zero-order valence-corrected chi connectivity index (χ0v) is 12.6. The van der Waals surface area contributed by atoms with E-state index < -0.39 is 0 Å². The van der Waals surface area contributed by atoms with Crippen molar-refractivity contribution >= 4 is 0 Å². The molecule has 1 saturated heterocycles. The minimum absolute atomic E-state index is 0.177. The SMILES string of the molecule is CCCC(N)(c1ccccc1)C1CCOC2(CCC2)C1. The second-order valence-electron chi connectivity index (χ2n) is 6.73. The van der Waals surface area contributed by atoms with Crippen LogP contribution in [0.3, 0.4) is 0 Å². The molecule has 20 heavy (non-hydrogen) atoms. The van der Waals surface area contributed by atoms with Crippen LogP contribution in [0.5, 0.6) is 0 Å². The number of nitrogens with two attached hydrogens (primary N) is 1. The first kappa shape index (κ1) is 14.1. The van der Waals surface area contributed by atoms with Crippen molar-refractivity contribution in [3.63, 3.8) is 0 Å². The van der Waals surface area contributed by atoms with E-state index in [0.717, 1.165) is 32.3 Å². The molecule has 110 valence electrons. The van der Waals surface area contributed by atoms with Crippen LogP contribution in [0.25, 0.3) is 0 Å². The summed E-state index contributed by atoms with van der Waals surface area (Å²) in [5.74, 6) is 0.555. The van der Waals surface area contributed by atoms with Crippen LogP contribution in [0.2, 0.25) is 0 Å². The molecular formula is C18H27NO. The molecule has 2 fully saturated rings. The Hall–Kier alpha value is -0.860. The van der Waals surface area contributed by atoms with Gasteiger partial charge in [-0.25, -0.2) is 0 Å². The van der Waals surface area contributed by atoms with Gasteiger partial charge in [0.05, 0.1) is 5.60 Å². The molecule has 0 aromatic heterocycles. The second kappa shape index (κ2) is 5.50. The second-order valence-corrected chi connectivity index (χ2v) is 6.73. The summed E-state index contributed by atoms with van der Waals surface area (Å²) >= 11 is 0. The fraction of sp³-hybridized carbons (Fsp3) is 0.667. The number of ether oxygens (including phenoxy) is 1. The molecule has 0 radical (unpaired) electrons. The van der Waals surface area contributed by atoms with Gasteiger partial charge in [-0.15, -0.1) is 0 Å². The first-order chi connectivity index (χ1) is 9.69. The van der Waals surface area contributed by atoms with Crippen molar-refractivity contribution in [3.05, 3.63) is 35.9 Å². The van der Waals surface area contributed by atoms with Crippen LogP contribution in [0.1, 0.15) is 57.4 Å². The molecule has 0 amide bonds. The van der Waals surface area contributed by atoms with Crippen molar-refractivity contribution in [2.75, 3.05) is 6.61 Å². The number of rotatable bonds is 4. The molecule has 2 unspecified atom stereocenters. The third-order valence-electron chi connectivity index (χ3n) is 5.46. The van der Waals surface area contributed by atoms with Gasteiger partial charge in [0, 0.05) is 12.1 Å². The highest BCUT2D eigenvalue weighted by Gasteiger charge is 2.48. The lowest BCUT2D eigenvalue weighted by molar-refractivity contribution is -0.153. The van der Waals surface area contributed by atoms with Crippen molar-refractivity contribution in [2.45, 2.75) is 63.0 Å². The normalized spacial score (nSPS) is 27.8. The van der Waals surface area contributed by atoms with Gasteiger partial charge in [-0.3, -0.25) is 0 Å². The Kier molecular flexibility index (Phi) is 3.87. The van der Waals surface area contributed by atoms with Crippen molar-refractivity contribution in [2.24, 2.45) is 11.7 Å². The number of hydrogen-bond acceptors (Lipinski definition) is 2. The molecule has 1 aromatic rings. The molecule has 3 rings (SSSR count). The standard InChI is InChI=1S/C18H27NO/c1-2-10-18(19,15-7-4-3-5-8-15)16-9-13-20-17(14-16)11-6-12-17/h3-5,7-8,16H,2,6,9-14,19H2,1H3. The van der Waals surface area contributed by atoms with Gasteiger partial charge in [-0.2, -0.15) is 0 Å². The lowest BCUT2D eigenvalue weighted by Gasteiger charge is -2.51. The van der Waals surface area contributed by atoms with Crippen molar-refractivity contribution in [1.29, 1.82) is 0 Å². The van der Waals surface area contributed by atoms with Gasteiger partial charge in [0.15, 0.2) is 0 Å². The van der Waals surface area contributed by atoms with E-state index in [1.807, 2.05) is 0 Å². The van der Waals surface area contributed by atoms with E-state index in [4.69, 9.17) is 10.5 Å². The molecule has 2 aliphatic rings. The molecular weight excluding hydrogens is 246 g/mol. The summed E-state index contributed by atoms with van der Waals surface area (Å²) in [5, 5.41) is 0. The zero-order chi connectivity index (χ0) is 14.1. The molecule has 2 nitrogen and oxygen atoms in total. The van der Waals surface area contributed by atoms with Gasteiger partial charge in [0.1, 0.15) is 0 Å². The summed E-state index contributed by atoms with van der Waals surface area (Å²) < 4.78 is 6.09. The van der Waals surface area contributed by atoms with Gasteiger partial charge in [0.25, 0.3) is 0 Å². The summed E-state index contributed by atoms with van der Waals surface area (Å²) in [7, 11) is 0. The van der Waals surface area contributed by atoms with Gasteiger partial charge in [-0.05, 0) is 50.0 Å². The smallest absolute Gasteiger partial charge is 0.0686 e. The van der Waals surface area contributed by atoms with E-state index in [1.165, 1.54) is 24.8 Å². The van der Waals surface area contributed by atoms with Crippen molar-refractivity contribution in [1.82, 2.24) is 0 Å². The van der Waals surface area contributed by atoms with Crippen LogP contribution in [0, 0.1) is 5.92 Å². The Morgan fingerprint density at radius 2 is 2.05 bits per heavy atom. The quantitative estimate of drug-likeness (QED) is 0.900. The highest BCUT2D eigenvalue weighted by Crippen LogP contribution is 2.49. The molecule has 2 atom stereocenters. The van der Waals surface area contributed by atoms with Gasteiger partial charge < -0.3 is 10.5 Å². The summed E-state index contributed by atoms with van der Waals surface area (Å²) in [4.78, 5) is 0. The average Bonchev–Trinajstić information content (AvgIpc) is 2.47. The Labute approximate surface area is 122 Å². The first-order valence-corrected chi connectivity index (χ1v) is 8.17. The van der Waals surface area contributed by atoms with E-state index in [9.17, 15) is 0 Å². The molecule has 1 aliphatic heterocycles. The molecule has 1 aliphatic carbocycles. The third kappa shape index (κ3) is 2.40. The maximum Gasteiger partial charge on any atom is 0.0686 e. The van der Waals surface area contributed by atoms with Crippen molar-refractivity contribution in [3.8, 4) is 0 Å². The molecule has 1 heterocycles. The topological polar surface area (TPSA) is 35.2 Å². The van der Waals surface area contributed by atoms with Crippen LogP contribution >= 0.6 is 0 Å². The highest BCUT2D eigenvalue weighted by atomic mass is 16.5. The fourth-order valence-electron chi connectivity index (χ4n) is 4.13. The van der Waals surface area contributed by atoms with Crippen molar-refractivity contribution < 1.29 is 4.74 Å². The Morgan fingerprint density at radius 3 is 2.65 bits per heavy atom. The molecule has 1 saturated carbocycles. The fourth-order valence-corrected chi connectivity index (χ4v) is 4.13. The minimum Gasteiger partial charge on any atom is -0.375 e. The van der Waals surface area contributed by atoms with Gasteiger partial charge in [-0.1, -0.05) is 43.7 Å². The Morgan fingerprint density at radius 1 is 1.30 bits per heavy atom. The predicted molar refractivity (Wildman–Crippen MR) is 82.5 cm³/mol. The van der Waals surface area contributed by atoms with Crippen LogP contribution in [-0.2, 0) is 10.3 Å². The largest absolute Gasteiger partial charge is 0.375 e. The molecule has 1 aromatic carbocycles. The lowest BCUT2D eigenvalue weighted by atomic mass is 9.64. The van der Waals surface area contributed by atoms with E-state index in [2.05, 4.69) is 37.3 Å². The average molecular weight is 273 g/mol. The third-order valence-corrected chi connectivity index (χ3v) is 5.46. The Balaban J connectivity index is 1.86. The van der Waals surface area contributed by atoms with Gasteiger partial charge >= 0.3 is 0 Å². The molecule has 2 heteroatoms. The number of benzene rings is 1. The van der Waals surface area contributed by atoms with E-state index in [1.54, 1.807) is 0 Å². The summed E-state index contributed by atoms with van der Waals surface area (Å²) in [5.41, 5.74) is 8.26. The van der Waals surface area contributed by atoms with E-state index in [-0.39, 0.29) is 11.1 Å². The van der Waals surface area contributed by atoms with Crippen LogP contribution < -0.4 is 5.73 Å². The monoisotopic (exact) mass is 273 g/mol. The summed E-state index contributed by atoms with van der Waals surface area (Å²) in [6, 6.07) is 10.7. The molecule has 1 spiro atoms. The minimum atomic E-state index is -0.178. The van der Waals surface area contributed by atoms with Gasteiger partial charge in [0.2, 0.25) is 0 Å². The maximum absolute atomic E-state index is 6.95. The maximum atomic E-state index is 6.95. The first-order valence-electron chi connectivity index (χ1n) is 8.17. The zero-order valence-electron chi connectivity index (χ0n) is 12.6. The summed E-state index contributed by atoms with van der Waals surface area (Å²) in [6.07, 6.45) is 8.25. The van der Waals surface area contributed by atoms with E-state index in [0.29, 0.717) is 5.92 Å². The highest BCUT2D eigenvalue weighted by molar-refractivity contribution is 5.25. The van der Waals surface area contributed by atoms with E-state index >= 15 is 0 Å². The van der Waals surface area contributed by atoms with Crippen LogP contribution in [0.15, 0.2) is 30.3 Å². The van der Waals surface area contributed by atoms with Crippen LogP contribution in [-0.4, -0.2) is 12.2 Å². The molecule has 2 N–H and O–H groups in total. The lowest BCUT2D eigenvalue weighted by Crippen LogP contribution is -2.53. The van der Waals surface area contributed by atoms with Crippen LogP contribution in [0.4, 0.5) is 0 Å². The predicted octanol–water partition coefficient (Wildman–Crippen LogP) is 3.99.